The van der Waals surface area contributed by atoms with Crippen molar-refractivity contribution in [3.05, 3.63) is 28.2 Å². The van der Waals surface area contributed by atoms with E-state index in [4.69, 9.17) is 12.2 Å². The van der Waals surface area contributed by atoms with Crippen LogP contribution in [0.1, 0.15) is 32.8 Å². The molecule has 120 valence electrons. The minimum atomic E-state index is -0.0545. The van der Waals surface area contributed by atoms with Crippen molar-refractivity contribution < 1.29 is 4.79 Å². The highest BCUT2D eigenvalue weighted by atomic mass is 79.9. The van der Waals surface area contributed by atoms with E-state index in [1.165, 1.54) is 0 Å². The van der Waals surface area contributed by atoms with Crippen molar-refractivity contribution >= 4 is 44.9 Å². The van der Waals surface area contributed by atoms with Crippen LogP contribution in [0.3, 0.4) is 0 Å². The number of thiocarbonyl (C=S) groups is 1. The van der Waals surface area contributed by atoms with Crippen molar-refractivity contribution in [1.82, 2.24) is 10.2 Å². The molecule has 0 aliphatic carbocycles. The monoisotopic (exact) mass is 383 g/mol. The van der Waals surface area contributed by atoms with Crippen LogP contribution in [0.5, 0.6) is 0 Å². The molecule has 22 heavy (non-hydrogen) atoms. The van der Waals surface area contributed by atoms with Gasteiger partial charge in [-0.15, -0.1) is 0 Å². The Balaban J connectivity index is 2.01. The molecule has 6 heteroatoms. The Morgan fingerprint density at radius 1 is 1.55 bits per heavy atom. The van der Waals surface area contributed by atoms with Gasteiger partial charge in [-0.2, -0.15) is 0 Å². The fourth-order valence-corrected chi connectivity index (χ4v) is 3.80. The van der Waals surface area contributed by atoms with E-state index < -0.39 is 0 Å². The summed E-state index contributed by atoms with van der Waals surface area (Å²) in [7, 11) is 0. The Labute approximate surface area is 145 Å². The summed E-state index contributed by atoms with van der Waals surface area (Å²) < 4.78 is 1.00. The zero-order chi connectivity index (χ0) is 16.5. The summed E-state index contributed by atoms with van der Waals surface area (Å²) in [4.78, 5) is 14.3. The van der Waals surface area contributed by atoms with E-state index >= 15 is 0 Å². The number of hydrogen-bond donors (Lipinski definition) is 2. The maximum Gasteiger partial charge on any atom is 0.243 e. The molecule has 1 aromatic rings. The van der Waals surface area contributed by atoms with E-state index in [1.807, 2.05) is 30.0 Å². The summed E-state index contributed by atoms with van der Waals surface area (Å²) in [6.45, 7) is 8.58. The van der Waals surface area contributed by atoms with Crippen LogP contribution in [0.25, 0.3) is 0 Å². The molecule has 1 saturated heterocycles. The van der Waals surface area contributed by atoms with Crippen molar-refractivity contribution in [2.75, 3.05) is 11.9 Å². The molecule has 0 spiro atoms. The molecule has 1 fully saturated rings. The SMILES string of the molecule is Cc1cc(Br)ccc1NC(=O)CN1C(=S)NC(C)(C)C[C@@H]1C. The average molecular weight is 384 g/mol. The normalized spacial score (nSPS) is 20.5. The molecule has 4 nitrogen and oxygen atoms in total. The summed E-state index contributed by atoms with van der Waals surface area (Å²) in [6, 6.07) is 6.03. The third kappa shape index (κ3) is 4.20. The topological polar surface area (TPSA) is 44.4 Å². The first-order valence-corrected chi connectivity index (χ1v) is 8.53. The number of aryl methyl sites for hydroxylation is 1. The Kier molecular flexibility index (Phi) is 5.12. The number of hydrogen-bond acceptors (Lipinski definition) is 2. The fraction of sp³-hybridized carbons (Fsp3) is 0.500. The summed E-state index contributed by atoms with van der Waals surface area (Å²) >= 11 is 8.83. The number of nitrogens with zero attached hydrogens (tertiary/aromatic N) is 1. The largest absolute Gasteiger partial charge is 0.358 e. The van der Waals surface area contributed by atoms with E-state index in [0.717, 1.165) is 22.1 Å². The quantitative estimate of drug-likeness (QED) is 0.784. The van der Waals surface area contributed by atoms with Crippen LogP contribution in [-0.2, 0) is 4.79 Å². The molecular formula is C16H22BrN3OS. The number of carbonyl (C=O) groups is 1. The fourth-order valence-electron chi connectivity index (χ4n) is 2.80. The number of amides is 1. The lowest BCUT2D eigenvalue weighted by molar-refractivity contribution is -0.117. The number of anilines is 1. The van der Waals surface area contributed by atoms with Gasteiger partial charge in [0, 0.05) is 21.7 Å². The van der Waals surface area contributed by atoms with Gasteiger partial charge in [-0.05, 0) is 70.1 Å². The number of benzene rings is 1. The molecule has 1 amide bonds. The van der Waals surface area contributed by atoms with Crippen molar-refractivity contribution in [3.8, 4) is 0 Å². The Bertz CT molecular complexity index is 603. The van der Waals surface area contributed by atoms with E-state index in [2.05, 4.69) is 47.3 Å². The van der Waals surface area contributed by atoms with Crippen LogP contribution in [0.4, 0.5) is 5.69 Å². The van der Waals surface area contributed by atoms with Crippen LogP contribution in [0.15, 0.2) is 22.7 Å². The van der Waals surface area contributed by atoms with Crippen molar-refractivity contribution in [1.29, 1.82) is 0 Å². The highest BCUT2D eigenvalue weighted by Gasteiger charge is 2.33. The Morgan fingerprint density at radius 3 is 2.82 bits per heavy atom. The average Bonchev–Trinajstić information content (AvgIpc) is 2.36. The Hall–Kier alpha value is -1.14. The van der Waals surface area contributed by atoms with Crippen molar-refractivity contribution in [3.63, 3.8) is 0 Å². The zero-order valence-electron chi connectivity index (χ0n) is 13.4. The molecule has 1 aliphatic rings. The maximum atomic E-state index is 12.3. The van der Waals surface area contributed by atoms with Crippen LogP contribution >= 0.6 is 28.1 Å². The van der Waals surface area contributed by atoms with Gasteiger partial charge < -0.3 is 15.5 Å². The molecule has 2 N–H and O–H groups in total. The van der Waals surface area contributed by atoms with Crippen molar-refractivity contribution in [2.45, 2.75) is 45.7 Å². The van der Waals surface area contributed by atoms with Crippen LogP contribution < -0.4 is 10.6 Å². The number of rotatable bonds is 3. The molecule has 1 atom stereocenters. The van der Waals surface area contributed by atoms with E-state index in [1.54, 1.807) is 0 Å². The minimum Gasteiger partial charge on any atom is -0.358 e. The van der Waals surface area contributed by atoms with Gasteiger partial charge in [-0.25, -0.2) is 0 Å². The second-order valence-electron chi connectivity index (χ2n) is 6.50. The second kappa shape index (κ2) is 6.54. The van der Waals surface area contributed by atoms with Crippen molar-refractivity contribution in [2.24, 2.45) is 0 Å². The maximum absolute atomic E-state index is 12.3. The lowest BCUT2D eigenvalue weighted by atomic mass is 9.93. The lowest BCUT2D eigenvalue weighted by Gasteiger charge is -2.44. The first kappa shape index (κ1) is 17.2. The van der Waals surface area contributed by atoms with Gasteiger partial charge >= 0.3 is 0 Å². The first-order chi connectivity index (χ1) is 10.2. The summed E-state index contributed by atoms with van der Waals surface area (Å²) in [6.07, 6.45) is 0.942. The third-order valence-electron chi connectivity index (χ3n) is 3.82. The zero-order valence-corrected chi connectivity index (χ0v) is 15.8. The molecule has 1 aliphatic heterocycles. The van der Waals surface area contributed by atoms with Gasteiger partial charge in [0.1, 0.15) is 0 Å². The van der Waals surface area contributed by atoms with Gasteiger partial charge in [0.15, 0.2) is 5.11 Å². The summed E-state index contributed by atoms with van der Waals surface area (Å²) in [5.74, 6) is -0.0545. The second-order valence-corrected chi connectivity index (χ2v) is 7.80. The highest BCUT2D eigenvalue weighted by Crippen LogP contribution is 2.23. The van der Waals surface area contributed by atoms with Crippen LogP contribution in [0.2, 0.25) is 0 Å². The smallest absolute Gasteiger partial charge is 0.243 e. The standard InChI is InChI=1S/C16H22BrN3OS/c1-10-7-12(17)5-6-13(10)18-14(21)9-20-11(2)8-16(3,4)19-15(20)22/h5-7,11H,8-9H2,1-4H3,(H,18,21)(H,19,22)/t11-/m0/s1. The summed E-state index contributed by atoms with van der Waals surface area (Å²) in [5, 5.41) is 6.90. The number of carbonyl (C=O) groups excluding carboxylic acids is 1. The first-order valence-electron chi connectivity index (χ1n) is 7.33. The van der Waals surface area contributed by atoms with E-state index in [-0.39, 0.29) is 24.0 Å². The molecular weight excluding hydrogens is 362 g/mol. The Morgan fingerprint density at radius 2 is 2.23 bits per heavy atom. The van der Waals surface area contributed by atoms with Gasteiger partial charge in [0.25, 0.3) is 0 Å². The molecule has 0 unspecified atom stereocenters. The lowest BCUT2D eigenvalue weighted by Crippen LogP contribution is -2.61. The number of nitrogens with one attached hydrogen (secondary N) is 2. The molecule has 1 aromatic carbocycles. The molecule has 2 rings (SSSR count). The molecule has 0 aromatic heterocycles. The predicted molar refractivity (Wildman–Crippen MR) is 98.1 cm³/mol. The number of halogens is 1. The van der Waals surface area contributed by atoms with Crippen LogP contribution in [0, 0.1) is 6.92 Å². The molecule has 0 saturated carbocycles. The third-order valence-corrected chi connectivity index (χ3v) is 4.65. The van der Waals surface area contributed by atoms with E-state index in [0.29, 0.717) is 5.11 Å². The minimum absolute atomic E-state index is 0.0221. The van der Waals surface area contributed by atoms with E-state index in [9.17, 15) is 4.79 Å². The van der Waals surface area contributed by atoms with Gasteiger partial charge in [-0.3, -0.25) is 4.79 Å². The molecule has 0 radical (unpaired) electrons. The van der Waals surface area contributed by atoms with Gasteiger partial charge in [-0.1, -0.05) is 15.9 Å². The molecule has 1 heterocycles. The summed E-state index contributed by atoms with van der Waals surface area (Å²) in [5.41, 5.74) is 1.83. The molecule has 0 bridgehead atoms. The van der Waals surface area contributed by atoms with Crippen LogP contribution in [-0.4, -0.2) is 34.0 Å². The van der Waals surface area contributed by atoms with Gasteiger partial charge in [0.05, 0.1) is 6.54 Å². The van der Waals surface area contributed by atoms with Gasteiger partial charge in [0.2, 0.25) is 5.91 Å². The highest BCUT2D eigenvalue weighted by molar-refractivity contribution is 9.10. The predicted octanol–water partition coefficient (Wildman–Crippen LogP) is 3.44.